The number of hydrogen-bond donors (Lipinski definition) is 1. The van der Waals surface area contributed by atoms with Gasteiger partial charge in [-0.15, -0.1) is 0 Å². The normalized spacial score (nSPS) is 12.6. The first-order valence-corrected chi connectivity index (χ1v) is 5.69. The van der Waals surface area contributed by atoms with Crippen LogP contribution in [-0.2, 0) is 7.05 Å². The average Bonchev–Trinajstić information content (AvgIpc) is 2.61. The number of nitrogens with zero attached hydrogens (tertiary/aromatic N) is 3. The van der Waals surface area contributed by atoms with Gasteiger partial charge in [-0.3, -0.25) is 0 Å². The molecule has 88 valence electrons. The molecular formula is C13H16N4. The number of aromatic nitrogens is 2. The van der Waals surface area contributed by atoms with Gasteiger partial charge in [0.15, 0.2) is 0 Å². The Bertz CT molecular complexity index is 577. The highest BCUT2D eigenvalue weighted by molar-refractivity contribution is 5.76. The Morgan fingerprint density at radius 1 is 1.53 bits per heavy atom. The molecule has 2 aromatic rings. The van der Waals surface area contributed by atoms with E-state index in [4.69, 9.17) is 11.0 Å². The molecule has 0 aliphatic carbocycles. The SMILES string of the molecule is Cc1nc2cc(C(N)CCC#N)ccc2n1C. The zero-order chi connectivity index (χ0) is 12.4. The van der Waals surface area contributed by atoms with E-state index in [1.165, 1.54) is 0 Å². The highest BCUT2D eigenvalue weighted by Crippen LogP contribution is 2.21. The predicted octanol–water partition coefficient (Wildman–Crippen LogP) is 2.19. The maximum atomic E-state index is 8.55. The molecule has 0 saturated heterocycles. The number of aryl methyl sites for hydroxylation is 2. The first kappa shape index (κ1) is 11.6. The zero-order valence-electron chi connectivity index (χ0n) is 10.1. The molecule has 17 heavy (non-hydrogen) atoms. The van der Waals surface area contributed by atoms with Crippen LogP contribution in [0.25, 0.3) is 11.0 Å². The van der Waals surface area contributed by atoms with Gasteiger partial charge in [0.2, 0.25) is 0 Å². The van der Waals surface area contributed by atoms with E-state index < -0.39 is 0 Å². The summed E-state index contributed by atoms with van der Waals surface area (Å²) in [5, 5.41) is 8.55. The standard InChI is InChI=1S/C13H16N4/c1-9-16-12-8-10(11(15)4-3-7-14)5-6-13(12)17(9)2/h5-6,8,11H,3-4,15H2,1-2H3. The Hall–Kier alpha value is -1.86. The van der Waals surface area contributed by atoms with Gasteiger partial charge in [-0.05, 0) is 31.0 Å². The van der Waals surface area contributed by atoms with Crippen LogP contribution < -0.4 is 5.73 Å². The first-order valence-electron chi connectivity index (χ1n) is 5.69. The summed E-state index contributed by atoms with van der Waals surface area (Å²) < 4.78 is 2.06. The average molecular weight is 228 g/mol. The van der Waals surface area contributed by atoms with Crippen molar-refractivity contribution in [2.75, 3.05) is 0 Å². The van der Waals surface area contributed by atoms with Crippen molar-refractivity contribution in [3.8, 4) is 6.07 Å². The predicted molar refractivity (Wildman–Crippen MR) is 67.2 cm³/mol. The van der Waals surface area contributed by atoms with Crippen molar-refractivity contribution >= 4 is 11.0 Å². The van der Waals surface area contributed by atoms with Crippen LogP contribution >= 0.6 is 0 Å². The molecule has 1 aromatic heterocycles. The molecule has 1 heterocycles. The third-order valence-electron chi connectivity index (χ3n) is 3.12. The van der Waals surface area contributed by atoms with Crippen molar-refractivity contribution in [3.05, 3.63) is 29.6 Å². The largest absolute Gasteiger partial charge is 0.331 e. The molecule has 1 atom stereocenters. The second-order valence-corrected chi connectivity index (χ2v) is 4.27. The van der Waals surface area contributed by atoms with Gasteiger partial charge >= 0.3 is 0 Å². The minimum Gasteiger partial charge on any atom is -0.331 e. The van der Waals surface area contributed by atoms with Crippen molar-refractivity contribution in [3.63, 3.8) is 0 Å². The van der Waals surface area contributed by atoms with Crippen LogP contribution in [0.2, 0.25) is 0 Å². The van der Waals surface area contributed by atoms with Gasteiger partial charge in [0.25, 0.3) is 0 Å². The number of nitriles is 1. The molecule has 0 radical (unpaired) electrons. The van der Waals surface area contributed by atoms with Crippen molar-refractivity contribution < 1.29 is 0 Å². The van der Waals surface area contributed by atoms with E-state index in [1.807, 2.05) is 32.2 Å². The molecular weight excluding hydrogens is 212 g/mol. The molecule has 2 rings (SSSR count). The van der Waals surface area contributed by atoms with Gasteiger partial charge < -0.3 is 10.3 Å². The minimum atomic E-state index is -0.0821. The van der Waals surface area contributed by atoms with Crippen molar-refractivity contribution in [1.29, 1.82) is 5.26 Å². The van der Waals surface area contributed by atoms with E-state index in [1.54, 1.807) is 0 Å². The van der Waals surface area contributed by atoms with Gasteiger partial charge in [-0.1, -0.05) is 6.07 Å². The fraction of sp³-hybridized carbons (Fsp3) is 0.385. The fourth-order valence-electron chi connectivity index (χ4n) is 1.95. The third kappa shape index (κ3) is 2.15. The molecule has 0 aliphatic heterocycles. The van der Waals surface area contributed by atoms with Crippen molar-refractivity contribution in [1.82, 2.24) is 9.55 Å². The van der Waals surface area contributed by atoms with Gasteiger partial charge in [0.05, 0.1) is 17.1 Å². The smallest absolute Gasteiger partial charge is 0.106 e. The fourth-order valence-corrected chi connectivity index (χ4v) is 1.95. The molecule has 2 N–H and O–H groups in total. The minimum absolute atomic E-state index is 0.0821. The van der Waals surface area contributed by atoms with Crippen LogP contribution in [0, 0.1) is 18.3 Å². The summed E-state index contributed by atoms with van der Waals surface area (Å²) in [7, 11) is 2.00. The Labute approximate surface area is 101 Å². The summed E-state index contributed by atoms with van der Waals surface area (Å²) in [4.78, 5) is 4.48. The van der Waals surface area contributed by atoms with Crippen LogP contribution in [0.3, 0.4) is 0 Å². The molecule has 1 unspecified atom stereocenters. The van der Waals surface area contributed by atoms with E-state index >= 15 is 0 Å². The maximum Gasteiger partial charge on any atom is 0.106 e. The summed E-state index contributed by atoms with van der Waals surface area (Å²) in [6, 6.07) is 8.11. The number of nitrogens with two attached hydrogens (primary N) is 1. The van der Waals surface area contributed by atoms with Crippen LogP contribution in [-0.4, -0.2) is 9.55 Å². The molecule has 4 heteroatoms. The summed E-state index contributed by atoms with van der Waals surface area (Å²) >= 11 is 0. The monoisotopic (exact) mass is 228 g/mol. The summed E-state index contributed by atoms with van der Waals surface area (Å²) in [6.45, 7) is 1.98. The number of imidazole rings is 1. The zero-order valence-corrected chi connectivity index (χ0v) is 10.1. The summed E-state index contributed by atoms with van der Waals surface area (Å²) in [6.07, 6.45) is 1.17. The maximum absolute atomic E-state index is 8.55. The van der Waals surface area contributed by atoms with Gasteiger partial charge in [0.1, 0.15) is 5.82 Å². The molecule has 4 nitrogen and oxygen atoms in total. The Morgan fingerprint density at radius 2 is 2.29 bits per heavy atom. The second-order valence-electron chi connectivity index (χ2n) is 4.27. The number of rotatable bonds is 3. The van der Waals surface area contributed by atoms with Crippen LogP contribution in [0.15, 0.2) is 18.2 Å². The van der Waals surface area contributed by atoms with Crippen molar-refractivity contribution in [2.45, 2.75) is 25.8 Å². The first-order chi connectivity index (χ1) is 8.13. The quantitative estimate of drug-likeness (QED) is 0.875. The topological polar surface area (TPSA) is 67.6 Å². The Morgan fingerprint density at radius 3 is 3.00 bits per heavy atom. The highest BCUT2D eigenvalue weighted by Gasteiger charge is 2.09. The highest BCUT2D eigenvalue weighted by atomic mass is 15.0. The van der Waals surface area contributed by atoms with Crippen LogP contribution in [0.5, 0.6) is 0 Å². The van der Waals surface area contributed by atoms with Gasteiger partial charge in [-0.2, -0.15) is 5.26 Å². The molecule has 0 saturated carbocycles. The van der Waals surface area contributed by atoms with Crippen molar-refractivity contribution in [2.24, 2.45) is 12.8 Å². The van der Waals surface area contributed by atoms with E-state index in [0.717, 1.165) is 22.4 Å². The Balaban J connectivity index is 2.35. The lowest BCUT2D eigenvalue weighted by molar-refractivity contribution is 0.666. The molecule has 0 fully saturated rings. The molecule has 1 aromatic carbocycles. The lowest BCUT2D eigenvalue weighted by atomic mass is 10.0. The lowest BCUT2D eigenvalue weighted by Crippen LogP contribution is -2.09. The lowest BCUT2D eigenvalue weighted by Gasteiger charge is -2.09. The van der Waals surface area contributed by atoms with Crippen LogP contribution in [0.1, 0.15) is 30.3 Å². The molecule has 0 amide bonds. The van der Waals surface area contributed by atoms with E-state index in [0.29, 0.717) is 12.8 Å². The number of benzene rings is 1. The molecule has 0 aliphatic rings. The summed E-state index contributed by atoms with van der Waals surface area (Å²) in [5.74, 6) is 0.989. The molecule has 0 bridgehead atoms. The van der Waals surface area contributed by atoms with Crippen LogP contribution in [0.4, 0.5) is 0 Å². The number of hydrogen-bond acceptors (Lipinski definition) is 3. The molecule has 0 spiro atoms. The van der Waals surface area contributed by atoms with E-state index in [2.05, 4.69) is 15.6 Å². The van der Waals surface area contributed by atoms with E-state index in [9.17, 15) is 0 Å². The Kier molecular flexibility index (Phi) is 3.12. The second kappa shape index (κ2) is 4.56. The number of fused-ring (bicyclic) bond motifs is 1. The summed E-state index contributed by atoms with van der Waals surface area (Å²) in [5.41, 5.74) is 9.16. The van der Waals surface area contributed by atoms with Gasteiger partial charge in [0, 0.05) is 19.5 Å². The van der Waals surface area contributed by atoms with E-state index in [-0.39, 0.29) is 6.04 Å². The van der Waals surface area contributed by atoms with Gasteiger partial charge in [-0.25, -0.2) is 4.98 Å². The third-order valence-corrected chi connectivity index (χ3v) is 3.12.